The molecule has 0 amide bonds. The summed E-state index contributed by atoms with van der Waals surface area (Å²) in [6.07, 6.45) is 5.20. The summed E-state index contributed by atoms with van der Waals surface area (Å²) in [5.41, 5.74) is 3.00. The van der Waals surface area contributed by atoms with E-state index in [1.807, 2.05) is 0 Å². The molecule has 3 rings (SSSR count). The third-order valence-corrected chi connectivity index (χ3v) is 7.80. The van der Waals surface area contributed by atoms with Gasteiger partial charge in [0, 0.05) is 19.1 Å². The molecule has 0 saturated carbocycles. The van der Waals surface area contributed by atoms with Gasteiger partial charge in [-0.15, -0.1) is 0 Å². The average molecular weight is 436 g/mol. The van der Waals surface area contributed by atoms with Crippen LogP contribution in [-0.2, 0) is 19.7 Å². The van der Waals surface area contributed by atoms with E-state index in [4.69, 9.17) is 0 Å². The Morgan fingerprint density at radius 2 is 1.55 bits per heavy atom. The number of benzene rings is 2. The molecule has 158 valence electrons. The molecule has 0 aromatic heterocycles. The lowest BCUT2D eigenvalue weighted by Gasteiger charge is -2.39. The maximum atomic E-state index is 12.5. The molecule has 0 radical (unpaired) electrons. The number of hydrogen-bond donors (Lipinski definition) is 0. The zero-order chi connectivity index (χ0) is 21.4. The molecule has 2 aromatic carbocycles. The van der Waals surface area contributed by atoms with Gasteiger partial charge in [-0.3, -0.25) is 0 Å². The molecule has 5 nitrogen and oxygen atoms in total. The van der Waals surface area contributed by atoms with E-state index in [1.54, 1.807) is 6.07 Å². The summed E-state index contributed by atoms with van der Waals surface area (Å²) < 4.78 is 49.0. The molecule has 1 atom stereocenters. The van der Waals surface area contributed by atoms with Crippen LogP contribution in [0.25, 0.3) is 0 Å². The van der Waals surface area contributed by atoms with Crippen LogP contribution in [0.15, 0.2) is 52.3 Å². The van der Waals surface area contributed by atoms with E-state index in [0.29, 0.717) is 11.6 Å². The van der Waals surface area contributed by atoms with Crippen molar-refractivity contribution in [2.45, 2.75) is 54.9 Å². The van der Waals surface area contributed by atoms with Gasteiger partial charge in [0.1, 0.15) is 0 Å². The molecule has 2 aromatic rings. The molecule has 1 aliphatic rings. The Labute approximate surface area is 174 Å². The molecule has 1 aliphatic heterocycles. The lowest BCUT2D eigenvalue weighted by molar-refractivity contribution is 0.470. The van der Waals surface area contributed by atoms with Crippen molar-refractivity contribution in [1.82, 2.24) is 0 Å². The summed E-state index contributed by atoms with van der Waals surface area (Å²) >= 11 is 0. The van der Waals surface area contributed by atoms with Crippen LogP contribution in [0.3, 0.4) is 0 Å². The van der Waals surface area contributed by atoms with E-state index in [-0.39, 0.29) is 15.8 Å². The highest BCUT2D eigenvalue weighted by molar-refractivity contribution is 7.91. The van der Waals surface area contributed by atoms with Crippen molar-refractivity contribution in [2.75, 3.05) is 24.0 Å². The van der Waals surface area contributed by atoms with Crippen LogP contribution in [0.2, 0.25) is 0 Å². The minimum Gasteiger partial charge on any atom is -0.363 e. The Hall–Kier alpha value is -1.86. The molecule has 0 bridgehead atoms. The van der Waals surface area contributed by atoms with Gasteiger partial charge in [-0.05, 0) is 54.5 Å². The molecule has 1 fully saturated rings. The summed E-state index contributed by atoms with van der Waals surface area (Å²) in [6.45, 7) is 5.05. The number of piperidine rings is 1. The number of rotatable bonds is 5. The first-order valence-electron chi connectivity index (χ1n) is 9.89. The number of sulfone groups is 2. The van der Waals surface area contributed by atoms with Gasteiger partial charge in [0.25, 0.3) is 0 Å². The van der Waals surface area contributed by atoms with Crippen molar-refractivity contribution in [3.05, 3.63) is 53.6 Å². The van der Waals surface area contributed by atoms with Crippen LogP contribution < -0.4 is 4.90 Å². The van der Waals surface area contributed by atoms with Crippen LogP contribution >= 0.6 is 0 Å². The van der Waals surface area contributed by atoms with Gasteiger partial charge < -0.3 is 4.90 Å². The van der Waals surface area contributed by atoms with Crippen molar-refractivity contribution in [1.29, 1.82) is 0 Å². The van der Waals surface area contributed by atoms with Gasteiger partial charge in [-0.25, -0.2) is 16.8 Å². The Kier molecular flexibility index (Phi) is 6.11. The Morgan fingerprint density at radius 1 is 0.897 bits per heavy atom. The lowest BCUT2D eigenvalue weighted by Crippen LogP contribution is -2.34. The molecule has 29 heavy (non-hydrogen) atoms. The largest absolute Gasteiger partial charge is 0.363 e. The zero-order valence-corrected chi connectivity index (χ0v) is 19.1. The normalized spacial score (nSPS) is 18.2. The van der Waals surface area contributed by atoms with Gasteiger partial charge in [-0.1, -0.05) is 38.1 Å². The first-order chi connectivity index (χ1) is 13.5. The first kappa shape index (κ1) is 21.8. The molecule has 0 N–H and O–H groups in total. The summed E-state index contributed by atoms with van der Waals surface area (Å²) in [5.74, 6) is 0.451. The number of anilines is 1. The van der Waals surface area contributed by atoms with Gasteiger partial charge in [0.15, 0.2) is 19.7 Å². The van der Waals surface area contributed by atoms with E-state index >= 15 is 0 Å². The fourth-order valence-corrected chi connectivity index (χ4v) is 5.56. The monoisotopic (exact) mass is 435 g/mol. The van der Waals surface area contributed by atoms with Crippen molar-refractivity contribution in [2.24, 2.45) is 0 Å². The van der Waals surface area contributed by atoms with Crippen molar-refractivity contribution in [3.63, 3.8) is 0 Å². The molecule has 0 unspecified atom stereocenters. The first-order valence-corrected chi connectivity index (χ1v) is 13.7. The Bertz CT molecular complexity index is 1090. The zero-order valence-electron chi connectivity index (χ0n) is 17.4. The van der Waals surface area contributed by atoms with Crippen molar-refractivity contribution in [3.8, 4) is 0 Å². The smallest absolute Gasteiger partial charge is 0.177 e. The molecular formula is C22H29NO4S2. The van der Waals surface area contributed by atoms with E-state index in [2.05, 4.69) is 43.0 Å². The quantitative estimate of drug-likeness (QED) is 0.698. The van der Waals surface area contributed by atoms with Crippen molar-refractivity contribution >= 4 is 25.4 Å². The second-order valence-corrected chi connectivity index (χ2v) is 12.2. The topological polar surface area (TPSA) is 71.5 Å². The van der Waals surface area contributed by atoms with E-state index in [9.17, 15) is 16.8 Å². The fourth-order valence-electron chi connectivity index (χ4n) is 3.93. The highest BCUT2D eigenvalue weighted by Crippen LogP contribution is 2.39. The third kappa shape index (κ3) is 4.83. The second kappa shape index (κ2) is 8.11. The summed E-state index contributed by atoms with van der Waals surface area (Å²) in [4.78, 5) is 2.22. The van der Waals surface area contributed by atoms with E-state index in [0.717, 1.165) is 43.9 Å². The minimum atomic E-state index is -3.60. The SMILES string of the molecule is CC(C)c1ccc([C@H]2CCCCN2c2ccc(S(C)(=O)=O)cc2S(C)(=O)=O)cc1. The minimum absolute atomic E-state index is 0.0246. The van der Waals surface area contributed by atoms with Crippen LogP contribution in [0.5, 0.6) is 0 Å². The summed E-state index contributed by atoms with van der Waals surface area (Å²) in [6, 6.07) is 13.0. The maximum absolute atomic E-state index is 12.5. The average Bonchev–Trinajstić information content (AvgIpc) is 2.66. The summed E-state index contributed by atoms with van der Waals surface area (Å²) in [7, 11) is -7.09. The third-order valence-electron chi connectivity index (χ3n) is 5.56. The van der Waals surface area contributed by atoms with Gasteiger partial charge in [0.05, 0.1) is 21.5 Å². The lowest BCUT2D eigenvalue weighted by atomic mass is 9.92. The molecule has 1 saturated heterocycles. The van der Waals surface area contributed by atoms with E-state index in [1.165, 1.54) is 17.7 Å². The highest BCUT2D eigenvalue weighted by Gasteiger charge is 2.29. The van der Waals surface area contributed by atoms with Crippen LogP contribution in [0.1, 0.15) is 56.2 Å². The molecule has 7 heteroatoms. The highest BCUT2D eigenvalue weighted by atomic mass is 32.2. The second-order valence-electron chi connectivity index (χ2n) is 8.20. The molecule has 1 heterocycles. The van der Waals surface area contributed by atoms with E-state index < -0.39 is 19.7 Å². The maximum Gasteiger partial charge on any atom is 0.177 e. The number of hydrogen-bond acceptors (Lipinski definition) is 5. The predicted molar refractivity (Wildman–Crippen MR) is 117 cm³/mol. The van der Waals surface area contributed by atoms with Crippen molar-refractivity contribution < 1.29 is 16.8 Å². The molecule has 0 spiro atoms. The Balaban J connectivity index is 2.09. The van der Waals surface area contributed by atoms with Crippen LogP contribution in [-0.4, -0.2) is 35.9 Å². The molecular weight excluding hydrogens is 406 g/mol. The summed E-state index contributed by atoms with van der Waals surface area (Å²) in [5, 5.41) is 0. The van der Waals surface area contributed by atoms with Gasteiger partial charge in [-0.2, -0.15) is 0 Å². The predicted octanol–water partition coefficient (Wildman–Crippen LogP) is 4.35. The Morgan fingerprint density at radius 3 is 2.10 bits per heavy atom. The van der Waals surface area contributed by atoms with Crippen LogP contribution in [0.4, 0.5) is 5.69 Å². The number of nitrogens with zero attached hydrogens (tertiary/aromatic N) is 1. The standard InChI is InChI=1S/C22H29NO4S2/c1-16(2)17-8-10-18(11-9-17)20-7-5-6-14-23(20)21-13-12-19(28(3,24)25)15-22(21)29(4,26)27/h8-13,15-16,20H,5-7,14H2,1-4H3/t20-/m1/s1. The van der Waals surface area contributed by atoms with Crippen LogP contribution in [0, 0.1) is 0 Å². The van der Waals surface area contributed by atoms with Gasteiger partial charge >= 0.3 is 0 Å². The van der Waals surface area contributed by atoms with Gasteiger partial charge in [0.2, 0.25) is 0 Å². The molecule has 0 aliphatic carbocycles. The fraction of sp³-hybridized carbons (Fsp3) is 0.455.